The van der Waals surface area contributed by atoms with E-state index >= 15 is 0 Å². The van der Waals surface area contributed by atoms with Crippen LogP contribution >= 0.6 is 15.9 Å². The number of benzene rings is 2. The highest BCUT2D eigenvalue weighted by Gasteiger charge is 2.22. The van der Waals surface area contributed by atoms with Crippen molar-refractivity contribution in [3.8, 4) is 0 Å². The Morgan fingerprint density at radius 3 is 2.62 bits per heavy atom. The van der Waals surface area contributed by atoms with Crippen LogP contribution in [0.1, 0.15) is 28.9 Å². The van der Waals surface area contributed by atoms with Crippen LogP contribution in [0.25, 0.3) is 0 Å². The number of nitrogens with two attached hydrogens (primary N) is 1. The van der Waals surface area contributed by atoms with Crippen molar-refractivity contribution in [3.63, 3.8) is 0 Å². The Hall–Kier alpha value is -1.88. The van der Waals surface area contributed by atoms with E-state index in [9.17, 15) is 9.18 Å². The van der Waals surface area contributed by atoms with E-state index in [1.54, 1.807) is 50.4 Å². The zero-order valence-electron chi connectivity index (χ0n) is 11.8. The third kappa shape index (κ3) is 3.24. The fourth-order valence-electron chi connectivity index (χ4n) is 2.10. The quantitative estimate of drug-likeness (QED) is 0.850. The second-order valence-corrected chi connectivity index (χ2v) is 5.71. The van der Waals surface area contributed by atoms with Crippen molar-refractivity contribution in [3.05, 3.63) is 63.9 Å². The molecule has 0 spiro atoms. The summed E-state index contributed by atoms with van der Waals surface area (Å²) in [4.78, 5) is 14.1. The molecule has 3 nitrogen and oxygen atoms in total. The lowest BCUT2D eigenvalue weighted by atomic mass is 10.1. The standard InChI is InChI=1S/C16H16BrFN2O/c1-10(12-5-3-4-6-15(12)18)20(2)16(21)13-9-11(19)7-8-14(13)17/h3-10H,19H2,1-2H3. The lowest BCUT2D eigenvalue weighted by molar-refractivity contribution is 0.0739. The number of nitrogens with zero attached hydrogens (tertiary/aromatic N) is 1. The van der Waals surface area contributed by atoms with Gasteiger partial charge in [0.15, 0.2) is 0 Å². The number of hydrogen-bond donors (Lipinski definition) is 1. The normalized spacial score (nSPS) is 12.0. The molecule has 0 heterocycles. The molecule has 5 heteroatoms. The van der Waals surface area contributed by atoms with E-state index in [2.05, 4.69) is 15.9 Å². The largest absolute Gasteiger partial charge is 0.399 e. The van der Waals surface area contributed by atoms with Crippen LogP contribution in [0.5, 0.6) is 0 Å². The van der Waals surface area contributed by atoms with Gasteiger partial charge in [-0.05, 0) is 47.1 Å². The van der Waals surface area contributed by atoms with Crippen molar-refractivity contribution < 1.29 is 9.18 Å². The van der Waals surface area contributed by atoms with Gasteiger partial charge in [0, 0.05) is 22.8 Å². The number of hydrogen-bond acceptors (Lipinski definition) is 2. The molecule has 0 saturated carbocycles. The predicted octanol–water partition coefficient (Wildman–Crippen LogP) is 4.00. The summed E-state index contributed by atoms with van der Waals surface area (Å²) in [5, 5.41) is 0. The first-order valence-corrected chi connectivity index (χ1v) is 7.27. The smallest absolute Gasteiger partial charge is 0.255 e. The van der Waals surface area contributed by atoms with Gasteiger partial charge in [0.2, 0.25) is 0 Å². The topological polar surface area (TPSA) is 46.3 Å². The predicted molar refractivity (Wildman–Crippen MR) is 85.5 cm³/mol. The SMILES string of the molecule is CC(c1ccccc1F)N(C)C(=O)c1cc(N)ccc1Br. The van der Waals surface area contributed by atoms with Gasteiger partial charge in [0.1, 0.15) is 5.82 Å². The Kier molecular flexibility index (Phi) is 4.63. The van der Waals surface area contributed by atoms with Crippen molar-refractivity contribution in [2.24, 2.45) is 0 Å². The highest BCUT2D eigenvalue weighted by Crippen LogP contribution is 2.26. The van der Waals surface area contributed by atoms with Crippen molar-refractivity contribution in [1.29, 1.82) is 0 Å². The molecule has 0 fully saturated rings. The van der Waals surface area contributed by atoms with Crippen LogP contribution in [-0.2, 0) is 0 Å². The first-order valence-electron chi connectivity index (χ1n) is 6.48. The number of rotatable bonds is 3. The molecule has 2 N–H and O–H groups in total. The molecule has 2 aromatic rings. The van der Waals surface area contributed by atoms with Crippen molar-refractivity contribution in [1.82, 2.24) is 4.90 Å². The van der Waals surface area contributed by atoms with E-state index in [-0.39, 0.29) is 17.8 Å². The Balaban J connectivity index is 2.31. The summed E-state index contributed by atoms with van der Waals surface area (Å²) in [6.07, 6.45) is 0. The zero-order valence-corrected chi connectivity index (χ0v) is 13.4. The van der Waals surface area contributed by atoms with Crippen LogP contribution in [0, 0.1) is 5.82 Å². The number of nitrogen functional groups attached to an aromatic ring is 1. The molecule has 2 aromatic carbocycles. The van der Waals surface area contributed by atoms with Gasteiger partial charge in [-0.25, -0.2) is 4.39 Å². The summed E-state index contributed by atoms with van der Waals surface area (Å²) in [6, 6.07) is 11.1. The maximum absolute atomic E-state index is 13.8. The summed E-state index contributed by atoms with van der Waals surface area (Å²) in [5.74, 6) is -0.541. The minimum atomic E-state index is -0.382. The first kappa shape index (κ1) is 15.5. The van der Waals surface area contributed by atoms with Gasteiger partial charge in [-0.15, -0.1) is 0 Å². The van der Waals surface area contributed by atoms with E-state index in [0.29, 0.717) is 21.3 Å². The third-order valence-electron chi connectivity index (χ3n) is 3.48. The molecule has 1 amide bonds. The summed E-state index contributed by atoms with van der Waals surface area (Å²) in [7, 11) is 1.65. The Labute approximate surface area is 131 Å². The summed E-state index contributed by atoms with van der Waals surface area (Å²) in [6.45, 7) is 1.79. The maximum atomic E-state index is 13.8. The number of halogens is 2. The summed E-state index contributed by atoms with van der Waals surface area (Å²) >= 11 is 3.34. The lowest BCUT2D eigenvalue weighted by Gasteiger charge is -2.26. The molecule has 1 atom stereocenters. The second-order valence-electron chi connectivity index (χ2n) is 4.85. The van der Waals surface area contributed by atoms with Crippen molar-refractivity contribution in [2.45, 2.75) is 13.0 Å². The van der Waals surface area contributed by atoms with E-state index in [1.165, 1.54) is 11.0 Å². The molecule has 0 aliphatic heterocycles. The molecule has 0 aromatic heterocycles. The van der Waals surface area contributed by atoms with Gasteiger partial charge in [-0.1, -0.05) is 18.2 Å². The Bertz CT molecular complexity index is 675. The van der Waals surface area contributed by atoms with Crippen LogP contribution in [0.2, 0.25) is 0 Å². The Morgan fingerprint density at radius 2 is 1.95 bits per heavy atom. The van der Waals surface area contributed by atoms with Crippen LogP contribution in [-0.4, -0.2) is 17.9 Å². The monoisotopic (exact) mass is 350 g/mol. The molecule has 21 heavy (non-hydrogen) atoms. The fourth-order valence-corrected chi connectivity index (χ4v) is 2.51. The zero-order chi connectivity index (χ0) is 15.6. The fraction of sp³-hybridized carbons (Fsp3) is 0.188. The van der Waals surface area contributed by atoms with Gasteiger partial charge >= 0.3 is 0 Å². The highest BCUT2D eigenvalue weighted by molar-refractivity contribution is 9.10. The van der Waals surface area contributed by atoms with E-state index in [1.807, 2.05) is 0 Å². The molecule has 0 radical (unpaired) electrons. The second kappa shape index (κ2) is 6.26. The number of anilines is 1. The van der Waals surface area contributed by atoms with Gasteiger partial charge in [-0.2, -0.15) is 0 Å². The van der Waals surface area contributed by atoms with Gasteiger partial charge in [0.05, 0.1) is 11.6 Å². The van der Waals surface area contributed by atoms with Crippen LogP contribution in [0.4, 0.5) is 10.1 Å². The summed E-state index contributed by atoms with van der Waals surface area (Å²) in [5.41, 5.74) is 7.17. The van der Waals surface area contributed by atoms with Crippen LogP contribution in [0.3, 0.4) is 0 Å². The number of amides is 1. The lowest BCUT2D eigenvalue weighted by Crippen LogP contribution is -2.30. The molecule has 0 bridgehead atoms. The molecular formula is C16H16BrFN2O. The van der Waals surface area contributed by atoms with Crippen LogP contribution in [0.15, 0.2) is 46.9 Å². The molecule has 2 rings (SSSR count). The first-order chi connectivity index (χ1) is 9.91. The minimum absolute atomic E-state index is 0.218. The number of carbonyl (C=O) groups is 1. The maximum Gasteiger partial charge on any atom is 0.255 e. The highest BCUT2D eigenvalue weighted by atomic mass is 79.9. The average Bonchev–Trinajstić information content (AvgIpc) is 2.48. The molecular weight excluding hydrogens is 335 g/mol. The van der Waals surface area contributed by atoms with Gasteiger partial charge in [-0.3, -0.25) is 4.79 Å². The Morgan fingerprint density at radius 1 is 1.29 bits per heavy atom. The van der Waals surface area contributed by atoms with E-state index in [0.717, 1.165) is 0 Å². The molecule has 0 saturated heterocycles. The van der Waals surface area contributed by atoms with Crippen molar-refractivity contribution >= 4 is 27.5 Å². The van der Waals surface area contributed by atoms with Crippen LogP contribution < -0.4 is 5.73 Å². The average molecular weight is 351 g/mol. The molecule has 1 unspecified atom stereocenters. The number of carbonyl (C=O) groups excluding carboxylic acids is 1. The molecule has 0 aliphatic rings. The summed E-state index contributed by atoms with van der Waals surface area (Å²) < 4.78 is 14.5. The van der Waals surface area contributed by atoms with E-state index < -0.39 is 0 Å². The van der Waals surface area contributed by atoms with E-state index in [4.69, 9.17) is 5.73 Å². The molecule has 0 aliphatic carbocycles. The van der Waals surface area contributed by atoms with Gasteiger partial charge in [0.25, 0.3) is 5.91 Å². The minimum Gasteiger partial charge on any atom is -0.399 e. The third-order valence-corrected chi connectivity index (χ3v) is 4.17. The molecule has 110 valence electrons. The van der Waals surface area contributed by atoms with Gasteiger partial charge < -0.3 is 10.6 Å². The van der Waals surface area contributed by atoms with Crippen molar-refractivity contribution in [2.75, 3.05) is 12.8 Å².